The van der Waals surface area contributed by atoms with Gasteiger partial charge in [-0.25, -0.2) is 12.7 Å². The van der Waals surface area contributed by atoms with Crippen LogP contribution in [0.5, 0.6) is 0 Å². The summed E-state index contributed by atoms with van der Waals surface area (Å²) in [5.41, 5.74) is 0.211. The molecule has 0 fully saturated rings. The van der Waals surface area contributed by atoms with E-state index in [9.17, 15) is 18.0 Å². The van der Waals surface area contributed by atoms with Crippen LogP contribution in [0.25, 0.3) is 0 Å². The maximum absolute atomic E-state index is 12.3. The Hall–Kier alpha value is -2.45. The quantitative estimate of drug-likeness (QED) is 0.818. The average molecular weight is 349 g/mol. The lowest BCUT2D eigenvalue weighted by Crippen LogP contribution is -2.32. The third kappa shape index (κ3) is 4.09. The first-order chi connectivity index (χ1) is 11.3. The van der Waals surface area contributed by atoms with Crippen molar-refractivity contribution in [3.63, 3.8) is 0 Å². The molecule has 1 amide bonds. The molecule has 0 aliphatic carbocycles. The number of hydrogen-bond acceptors (Lipinski definition) is 4. The fraction of sp³-hybridized carbons (Fsp3) is 0.250. The van der Waals surface area contributed by atoms with Gasteiger partial charge in [0.1, 0.15) is 6.54 Å². The predicted octanol–water partition coefficient (Wildman–Crippen LogP) is 0.415. The van der Waals surface area contributed by atoms with Gasteiger partial charge in [0, 0.05) is 32.9 Å². The number of benzene rings is 1. The molecule has 0 atom stereocenters. The summed E-state index contributed by atoms with van der Waals surface area (Å²) in [6.45, 7) is -0.0636. The minimum Gasteiger partial charge on any atom is -0.350 e. The maximum atomic E-state index is 12.3. The van der Waals surface area contributed by atoms with Crippen LogP contribution >= 0.6 is 0 Å². The van der Waals surface area contributed by atoms with Crippen molar-refractivity contribution in [3.8, 4) is 0 Å². The molecular weight excluding hydrogens is 330 g/mol. The summed E-state index contributed by atoms with van der Waals surface area (Å²) in [6.07, 6.45) is 1.52. The van der Waals surface area contributed by atoms with Gasteiger partial charge in [-0.2, -0.15) is 0 Å². The zero-order valence-corrected chi connectivity index (χ0v) is 14.3. The van der Waals surface area contributed by atoms with E-state index in [-0.39, 0.29) is 29.5 Å². The summed E-state index contributed by atoms with van der Waals surface area (Å²) >= 11 is 0. The van der Waals surface area contributed by atoms with Crippen molar-refractivity contribution in [1.82, 2.24) is 14.2 Å². The standard InChI is InChI=1S/C16H19N3O4S/c1-18(2)24(22,23)14-8-4-3-7-13(14)11-17-15(20)12-19-10-6-5-9-16(19)21/h3-10H,11-12H2,1-2H3,(H,17,20). The Morgan fingerprint density at radius 2 is 1.79 bits per heavy atom. The molecule has 0 unspecified atom stereocenters. The van der Waals surface area contributed by atoms with Crippen LogP contribution in [0.2, 0.25) is 0 Å². The lowest BCUT2D eigenvalue weighted by Gasteiger charge is -2.15. The van der Waals surface area contributed by atoms with Crippen molar-refractivity contribution in [2.45, 2.75) is 18.0 Å². The van der Waals surface area contributed by atoms with Crippen LogP contribution in [0, 0.1) is 0 Å². The van der Waals surface area contributed by atoms with Gasteiger partial charge < -0.3 is 9.88 Å². The van der Waals surface area contributed by atoms with E-state index in [0.29, 0.717) is 5.56 Å². The van der Waals surface area contributed by atoms with E-state index in [1.165, 1.54) is 37.0 Å². The molecule has 24 heavy (non-hydrogen) atoms. The van der Waals surface area contributed by atoms with E-state index in [0.717, 1.165) is 4.31 Å². The Balaban J connectivity index is 2.12. The minimum atomic E-state index is -3.59. The fourth-order valence-electron chi connectivity index (χ4n) is 2.09. The normalized spacial score (nSPS) is 11.5. The SMILES string of the molecule is CN(C)S(=O)(=O)c1ccccc1CNC(=O)Cn1ccccc1=O. The number of hydrogen-bond donors (Lipinski definition) is 1. The van der Waals surface area contributed by atoms with Gasteiger partial charge in [-0.1, -0.05) is 24.3 Å². The number of aromatic nitrogens is 1. The number of rotatable bonds is 6. The van der Waals surface area contributed by atoms with Gasteiger partial charge in [-0.15, -0.1) is 0 Å². The molecule has 1 N–H and O–H groups in total. The molecule has 0 aliphatic heterocycles. The molecule has 0 saturated carbocycles. The average Bonchev–Trinajstić information content (AvgIpc) is 2.55. The van der Waals surface area contributed by atoms with E-state index in [1.54, 1.807) is 30.3 Å². The Bertz CT molecular complexity index is 888. The molecule has 1 aromatic heterocycles. The Kier molecular flexibility index (Phi) is 5.53. The molecule has 1 aromatic carbocycles. The van der Waals surface area contributed by atoms with Gasteiger partial charge in [-0.3, -0.25) is 9.59 Å². The Labute approximate surface area is 140 Å². The first kappa shape index (κ1) is 17.9. The molecule has 0 radical (unpaired) electrons. The maximum Gasteiger partial charge on any atom is 0.250 e. The van der Waals surface area contributed by atoms with Crippen LogP contribution in [0.15, 0.2) is 58.4 Å². The molecular formula is C16H19N3O4S. The summed E-state index contributed by atoms with van der Waals surface area (Å²) in [7, 11) is -0.692. The zero-order valence-electron chi connectivity index (χ0n) is 13.5. The molecule has 0 aliphatic rings. The summed E-state index contributed by atoms with van der Waals surface area (Å²) in [5, 5.41) is 2.64. The second-order valence-electron chi connectivity index (χ2n) is 5.34. The van der Waals surface area contributed by atoms with Crippen molar-refractivity contribution < 1.29 is 13.2 Å². The van der Waals surface area contributed by atoms with Crippen molar-refractivity contribution in [3.05, 3.63) is 64.6 Å². The van der Waals surface area contributed by atoms with Gasteiger partial charge >= 0.3 is 0 Å². The van der Waals surface area contributed by atoms with Crippen LogP contribution in [0.3, 0.4) is 0 Å². The summed E-state index contributed by atoms with van der Waals surface area (Å²) < 4.78 is 27.0. The van der Waals surface area contributed by atoms with Gasteiger partial charge in [0.15, 0.2) is 0 Å². The van der Waals surface area contributed by atoms with Crippen molar-refractivity contribution >= 4 is 15.9 Å². The largest absolute Gasteiger partial charge is 0.350 e. The first-order valence-electron chi connectivity index (χ1n) is 7.25. The van der Waals surface area contributed by atoms with E-state index in [1.807, 2.05) is 0 Å². The highest BCUT2D eigenvalue weighted by molar-refractivity contribution is 7.89. The van der Waals surface area contributed by atoms with Crippen LogP contribution < -0.4 is 10.9 Å². The number of carbonyl (C=O) groups is 1. The Morgan fingerprint density at radius 1 is 1.12 bits per heavy atom. The van der Waals surface area contributed by atoms with Crippen molar-refractivity contribution in [1.29, 1.82) is 0 Å². The number of nitrogens with one attached hydrogen (secondary N) is 1. The van der Waals surface area contributed by atoms with E-state index >= 15 is 0 Å². The number of amides is 1. The molecule has 128 valence electrons. The van der Waals surface area contributed by atoms with Crippen LogP contribution in [-0.4, -0.2) is 37.3 Å². The monoisotopic (exact) mass is 349 g/mol. The molecule has 0 bridgehead atoms. The molecule has 8 heteroatoms. The summed E-state index contributed by atoms with van der Waals surface area (Å²) in [4.78, 5) is 23.7. The topological polar surface area (TPSA) is 88.5 Å². The smallest absolute Gasteiger partial charge is 0.250 e. The van der Waals surface area contributed by atoms with Gasteiger partial charge in [0.2, 0.25) is 15.9 Å². The van der Waals surface area contributed by atoms with Gasteiger partial charge in [0.05, 0.1) is 4.90 Å². The first-order valence-corrected chi connectivity index (χ1v) is 8.69. The zero-order chi connectivity index (χ0) is 17.7. The Morgan fingerprint density at radius 3 is 2.46 bits per heavy atom. The third-order valence-corrected chi connectivity index (χ3v) is 5.34. The van der Waals surface area contributed by atoms with E-state index in [4.69, 9.17) is 0 Å². The van der Waals surface area contributed by atoms with Crippen LogP contribution in [0.4, 0.5) is 0 Å². The van der Waals surface area contributed by atoms with Crippen molar-refractivity contribution in [2.24, 2.45) is 0 Å². The highest BCUT2D eigenvalue weighted by atomic mass is 32.2. The molecule has 1 heterocycles. The second-order valence-corrected chi connectivity index (χ2v) is 7.46. The van der Waals surface area contributed by atoms with Crippen LogP contribution in [-0.2, 0) is 27.9 Å². The van der Waals surface area contributed by atoms with Gasteiger partial charge in [0.25, 0.3) is 5.56 Å². The number of carbonyl (C=O) groups excluding carboxylic acids is 1. The summed E-state index contributed by atoms with van der Waals surface area (Å²) in [6, 6.07) is 11.1. The molecule has 2 rings (SSSR count). The van der Waals surface area contributed by atoms with Gasteiger partial charge in [-0.05, 0) is 17.7 Å². The fourth-order valence-corrected chi connectivity index (χ4v) is 3.21. The summed E-state index contributed by atoms with van der Waals surface area (Å²) in [5.74, 6) is -0.375. The molecule has 7 nitrogen and oxygen atoms in total. The van der Waals surface area contributed by atoms with Crippen molar-refractivity contribution in [2.75, 3.05) is 14.1 Å². The molecule has 0 saturated heterocycles. The highest BCUT2D eigenvalue weighted by Gasteiger charge is 2.20. The number of nitrogens with zero attached hydrogens (tertiary/aromatic N) is 2. The lowest BCUT2D eigenvalue weighted by molar-refractivity contribution is -0.121. The van der Waals surface area contributed by atoms with Crippen LogP contribution in [0.1, 0.15) is 5.56 Å². The minimum absolute atomic E-state index is 0.0592. The highest BCUT2D eigenvalue weighted by Crippen LogP contribution is 2.18. The molecule has 2 aromatic rings. The number of sulfonamides is 1. The lowest BCUT2D eigenvalue weighted by atomic mass is 10.2. The predicted molar refractivity (Wildman–Crippen MR) is 89.9 cm³/mol. The molecule has 0 spiro atoms. The van der Waals surface area contributed by atoms with E-state index in [2.05, 4.69) is 5.32 Å². The number of pyridine rings is 1. The van der Waals surface area contributed by atoms with E-state index < -0.39 is 10.0 Å². The third-order valence-electron chi connectivity index (χ3n) is 3.42. The second kappa shape index (κ2) is 7.41.